The number of benzene rings is 3. The number of amides is 1. The third kappa shape index (κ3) is 3.51. The highest BCUT2D eigenvalue weighted by Gasteiger charge is 2.35. The predicted molar refractivity (Wildman–Crippen MR) is 103 cm³/mol. The number of para-hydroxylation sites is 1. The molecule has 3 aromatic carbocycles. The lowest BCUT2D eigenvalue weighted by atomic mass is 9.92. The average molecular weight is 375 g/mol. The molecule has 1 heterocycles. The third-order valence-corrected chi connectivity index (χ3v) is 4.79. The smallest absolute Gasteiger partial charge is 0.235 e. The first-order valence-corrected chi connectivity index (χ1v) is 9.00. The molecule has 0 saturated carbocycles. The van der Waals surface area contributed by atoms with Crippen LogP contribution in [0.2, 0.25) is 0 Å². The van der Waals surface area contributed by atoms with Gasteiger partial charge in [0.15, 0.2) is 5.78 Å². The standard InChI is InChI=1S/C23H18FNO3/c24-17-10-6-9-16(13-17)21(15-7-2-1-3-8-15)25-23(27)19-14-28-20-12-5-4-11-18(20)22(19)26/h1-13,19,21H,14H2,(H,25,27). The van der Waals surface area contributed by atoms with Crippen LogP contribution in [0.1, 0.15) is 27.5 Å². The van der Waals surface area contributed by atoms with Crippen molar-refractivity contribution in [1.82, 2.24) is 5.32 Å². The van der Waals surface area contributed by atoms with E-state index in [2.05, 4.69) is 5.32 Å². The topological polar surface area (TPSA) is 55.4 Å². The molecule has 2 unspecified atom stereocenters. The third-order valence-electron chi connectivity index (χ3n) is 4.79. The zero-order chi connectivity index (χ0) is 19.5. The highest BCUT2D eigenvalue weighted by molar-refractivity contribution is 6.12. The van der Waals surface area contributed by atoms with E-state index in [1.54, 1.807) is 36.4 Å². The quantitative estimate of drug-likeness (QED) is 0.703. The molecule has 2 atom stereocenters. The van der Waals surface area contributed by atoms with Crippen LogP contribution in [0.3, 0.4) is 0 Å². The number of fused-ring (bicyclic) bond motifs is 1. The number of Topliss-reactive ketones (excluding diaryl/α,β-unsaturated/α-hetero) is 1. The maximum Gasteiger partial charge on any atom is 0.235 e. The number of ketones is 1. The molecule has 0 aliphatic carbocycles. The number of carbonyl (C=O) groups is 2. The normalized spacial score (nSPS) is 16.6. The van der Waals surface area contributed by atoms with Gasteiger partial charge in [-0.3, -0.25) is 9.59 Å². The molecular weight excluding hydrogens is 357 g/mol. The maximum absolute atomic E-state index is 13.8. The second-order valence-corrected chi connectivity index (χ2v) is 6.63. The lowest BCUT2D eigenvalue weighted by Crippen LogP contribution is -2.42. The molecule has 1 N–H and O–H groups in total. The molecule has 3 aromatic rings. The highest BCUT2D eigenvalue weighted by Crippen LogP contribution is 2.28. The molecule has 4 nitrogen and oxygen atoms in total. The first-order valence-electron chi connectivity index (χ1n) is 9.00. The number of hydrogen-bond acceptors (Lipinski definition) is 3. The molecule has 1 aliphatic heterocycles. The maximum atomic E-state index is 13.8. The van der Waals surface area contributed by atoms with Gasteiger partial charge in [0.25, 0.3) is 0 Å². The van der Waals surface area contributed by atoms with Crippen LogP contribution in [0.5, 0.6) is 5.75 Å². The fourth-order valence-electron chi connectivity index (χ4n) is 3.36. The molecule has 140 valence electrons. The van der Waals surface area contributed by atoms with Gasteiger partial charge in [0.2, 0.25) is 5.91 Å². The van der Waals surface area contributed by atoms with Crippen LogP contribution < -0.4 is 10.1 Å². The Balaban J connectivity index is 1.62. The Bertz CT molecular complexity index is 1020. The van der Waals surface area contributed by atoms with Crippen molar-refractivity contribution >= 4 is 11.7 Å². The van der Waals surface area contributed by atoms with Gasteiger partial charge in [0.1, 0.15) is 24.1 Å². The first kappa shape index (κ1) is 17.9. The van der Waals surface area contributed by atoms with Crippen molar-refractivity contribution in [2.24, 2.45) is 5.92 Å². The van der Waals surface area contributed by atoms with Crippen LogP contribution >= 0.6 is 0 Å². The minimum Gasteiger partial charge on any atom is -0.492 e. The van der Waals surface area contributed by atoms with Crippen molar-refractivity contribution in [3.8, 4) is 5.75 Å². The SMILES string of the molecule is O=C(NC(c1ccccc1)c1cccc(F)c1)C1COc2ccccc2C1=O. The van der Waals surface area contributed by atoms with Gasteiger partial charge in [0, 0.05) is 0 Å². The van der Waals surface area contributed by atoms with Gasteiger partial charge < -0.3 is 10.1 Å². The van der Waals surface area contributed by atoms with E-state index in [0.29, 0.717) is 16.9 Å². The number of carbonyl (C=O) groups excluding carboxylic acids is 2. The van der Waals surface area contributed by atoms with Crippen molar-refractivity contribution in [3.63, 3.8) is 0 Å². The molecule has 0 radical (unpaired) electrons. The molecule has 0 spiro atoms. The monoisotopic (exact) mass is 375 g/mol. The van der Waals surface area contributed by atoms with E-state index in [-0.39, 0.29) is 12.4 Å². The number of halogens is 1. The summed E-state index contributed by atoms with van der Waals surface area (Å²) in [5.74, 6) is -1.57. The fraction of sp³-hybridized carbons (Fsp3) is 0.130. The number of rotatable bonds is 4. The van der Waals surface area contributed by atoms with Crippen molar-refractivity contribution in [1.29, 1.82) is 0 Å². The van der Waals surface area contributed by atoms with Crippen molar-refractivity contribution in [2.45, 2.75) is 6.04 Å². The minimum absolute atomic E-state index is 0.0215. The summed E-state index contributed by atoms with van der Waals surface area (Å²) in [5.41, 5.74) is 1.80. The molecular formula is C23H18FNO3. The van der Waals surface area contributed by atoms with Crippen LogP contribution in [0.15, 0.2) is 78.9 Å². The lowest BCUT2D eigenvalue weighted by Gasteiger charge is -2.26. The Morgan fingerprint density at radius 3 is 2.46 bits per heavy atom. The van der Waals surface area contributed by atoms with Gasteiger partial charge >= 0.3 is 0 Å². The Morgan fingerprint density at radius 1 is 0.964 bits per heavy atom. The van der Waals surface area contributed by atoms with E-state index >= 15 is 0 Å². The van der Waals surface area contributed by atoms with E-state index in [0.717, 1.165) is 5.56 Å². The summed E-state index contributed by atoms with van der Waals surface area (Å²) in [6, 6.07) is 21.6. The van der Waals surface area contributed by atoms with E-state index in [1.165, 1.54) is 12.1 Å². The van der Waals surface area contributed by atoms with Gasteiger partial charge in [-0.15, -0.1) is 0 Å². The van der Waals surface area contributed by atoms with Gasteiger partial charge in [0.05, 0.1) is 11.6 Å². The predicted octanol–water partition coefficient (Wildman–Crippen LogP) is 3.92. The van der Waals surface area contributed by atoms with Crippen molar-refractivity contribution < 1.29 is 18.7 Å². The Hall–Kier alpha value is -3.47. The number of nitrogens with one attached hydrogen (secondary N) is 1. The van der Waals surface area contributed by atoms with Crippen LogP contribution in [0, 0.1) is 11.7 Å². The van der Waals surface area contributed by atoms with Gasteiger partial charge in [-0.1, -0.05) is 54.6 Å². The molecule has 4 rings (SSSR count). The minimum atomic E-state index is -0.949. The summed E-state index contributed by atoms with van der Waals surface area (Å²) < 4.78 is 19.4. The van der Waals surface area contributed by atoms with E-state index in [4.69, 9.17) is 4.74 Å². The van der Waals surface area contributed by atoms with E-state index in [1.807, 2.05) is 30.3 Å². The Morgan fingerprint density at radius 2 is 1.68 bits per heavy atom. The highest BCUT2D eigenvalue weighted by atomic mass is 19.1. The fourth-order valence-corrected chi connectivity index (χ4v) is 3.36. The zero-order valence-corrected chi connectivity index (χ0v) is 15.0. The molecule has 5 heteroatoms. The summed E-state index contributed by atoms with van der Waals surface area (Å²) in [7, 11) is 0. The van der Waals surface area contributed by atoms with Gasteiger partial charge in [-0.2, -0.15) is 0 Å². The van der Waals surface area contributed by atoms with Crippen LogP contribution in [-0.4, -0.2) is 18.3 Å². The molecule has 1 amide bonds. The summed E-state index contributed by atoms with van der Waals surface area (Å²) in [6.45, 7) is -0.0215. The van der Waals surface area contributed by atoms with Crippen LogP contribution in [0.4, 0.5) is 4.39 Å². The largest absolute Gasteiger partial charge is 0.492 e. The lowest BCUT2D eigenvalue weighted by molar-refractivity contribution is -0.125. The van der Waals surface area contributed by atoms with Crippen LogP contribution in [-0.2, 0) is 4.79 Å². The number of ether oxygens (including phenoxy) is 1. The summed E-state index contributed by atoms with van der Waals surface area (Å²) >= 11 is 0. The van der Waals surface area contributed by atoms with Gasteiger partial charge in [-0.25, -0.2) is 4.39 Å². The number of hydrogen-bond donors (Lipinski definition) is 1. The molecule has 1 aliphatic rings. The van der Waals surface area contributed by atoms with Gasteiger partial charge in [-0.05, 0) is 35.4 Å². The van der Waals surface area contributed by atoms with Crippen molar-refractivity contribution in [2.75, 3.05) is 6.61 Å². The summed E-state index contributed by atoms with van der Waals surface area (Å²) in [4.78, 5) is 25.7. The molecule has 0 aromatic heterocycles. The first-order chi connectivity index (χ1) is 13.6. The second kappa shape index (κ2) is 7.64. The Kier molecular flexibility index (Phi) is 4.89. The second-order valence-electron chi connectivity index (χ2n) is 6.63. The zero-order valence-electron chi connectivity index (χ0n) is 15.0. The Labute approximate surface area is 162 Å². The van der Waals surface area contributed by atoms with Crippen LogP contribution in [0.25, 0.3) is 0 Å². The van der Waals surface area contributed by atoms with E-state index < -0.39 is 23.7 Å². The van der Waals surface area contributed by atoms with E-state index in [9.17, 15) is 14.0 Å². The average Bonchev–Trinajstić information content (AvgIpc) is 2.73. The molecule has 0 bridgehead atoms. The van der Waals surface area contributed by atoms with Crippen molar-refractivity contribution in [3.05, 3.63) is 101 Å². The summed E-state index contributed by atoms with van der Waals surface area (Å²) in [6.07, 6.45) is 0. The summed E-state index contributed by atoms with van der Waals surface area (Å²) in [5, 5.41) is 2.90. The molecule has 0 fully saturated rings. The molecule has 0 saturated heterocycles. The molecule has 28 heavy (non-hydrogen) atoms.